The number of carbonyl (C=O) groups excluding carboxylic acids is 2. The third-order valence-electron chi connectivity index (χ3n) is 7.22. The number of halogens is 1. The Kier molecular flexibility index (Phi) is 13.9. The Morgan fingerprint density at radius 3 is 2.19 bits per heavy atom. The number of aryl methyl sites for hydroxylation is 1. The molecule has 0 fully saturated rings. The van der Waals surface area contributed by atoms with Crippen LogP contribution in [0.1, 0.15) is 74.7 Å². The van der Waals surface area contributed by atoms with Crippen LogP contribution in [0.5, 0.6) is 0 Å². The molecule has 7 nitrogen and oxygen atoms in total. The largest absolute Gasteiger partial charge is 0.331 e. The number of amides is 1. The lowest BCUT2D eigenvalue weighted by Crippen LogP contribution is -2.55. The average molecular weight is 628 g/mol. The summed E-state index contributed by atoms with van der Waals surface area (Å²) in [6.45, 7) is 17.0. The minimum Gasteiger partial charge on any atom is -0.331 e. The second-order valence-corrected chi connectivity index (χ2v) is 13.8. The van der Waals surface area contributed by atoms with E-state index >= 15 is 0 Å². The van der Waals surface area contributed by atoms with E-state index in [9.17, 15) is 4.79 Å². The van der Waals surface area contributed by atoms with Gasteiger partial charge in [0.2, 0.25) is 5.91 Å². The van der Waals surface area contributed by atoms with Crippen LogP contribution in [0.25, 0.3) is 0 Å². The highest BCUT2D eigenvalue weighted by Gasteiger charge is 2.36. The highest BCUT2D eigenvalue weighted by molar-refractivity contribution is 7.16. The molecule has 2 aromatic carbocycles. The number of nitrogens with two attached hydrogens (primary N) is 1. The maximum Gasteiger partial charge on any atom is 0.221 e. The third kappa shape index (κ3) is 10.4. The Hall–Kier alpha value is -2.75. The molecular formula is C34H50ClN5O2S. The lowest BCUT2D eigenvalue weighted by molar-refractivity contribution is -0.114. The fraction of sp³-hybridized carbons (Fsp3) is 0.471. The number of nitrogens with zero attached hydrogens (tertiary/aromatic N) is 2. The topological polar surface area (TPSA) is 90.7 Å². The summed E-state index contributed by atoms with van der Waals surface area (Å²) in [6, 6.07) is 16.4. The van der Waals surface area contributed by atoms with Crippen LogP contribution in [0.3, 0.4) is 0 Å². The lowest BCUT2D eigenvalue weighted by Gasteiger charge is -2.34. The summed E-state index contributed by atoms with van der Waals surface area (Å²) in [6.07, 6.45) is 1.90. The quantitative estimate of drug-likeness (QED) is 0.260. The smallest absolute Gasteiger partial charge is 0.221 e. The number of benzene rings is 2. The molecule has 0 bridgehead atoms. The molecule has 0 aliphatic carbocycles. The van der Waals surface area contributed by atoms with Crippen molar-refractivity contribution >= 4 is 45.8 Å². The number of hydrogen-bond acceptors (Lipinski definition) is 7. The standard InChI is InChI=1S/C19H27ClN4S.C13H19NO.C2H4O/c1-11-12(2)25-19-17(11)18(14-6-8-15(20)9-7-14)23(5)10-16(21)24(19)13(3)22-4;1-10(15)14-12-7-5-11(6-8-12)9-13(2,3)4;1-2-3/h6-9,13,16,18,22H,10,21H2,1-5H3;5-8H,9H2,1-4H3,(H,14,15);2H,1H3. The summed E-state index contributed by atoms with van der Waals surface area (Å²) < 4.78 is 0. The van der Waals surface area contributed by atoms with Crippen LogP contribution in [0, 0.1) is 19.3 Å². The van der Waals surface area contributed by atoms with Crippen LogP contribution in [-0.4, -0.2) is 50.1 Å². The van der Waals surface area contributed by atoms with Gasteiger partial charge in [-0.2, -0.15) is 0 Å². The van der Waals surface area contributed by atoms with Crippen LogP contribution in [0.4, 0.5) is 10.7 Å². The molecule has 9 heteroatoms. The molecule has 3 atom stereocenters. The summed E-state index contributed by atoms with van der Waals surface area (Å²) in [5.74, 6) is -0.0291. The van der Waals surface area contributed by atoms with Gasteiger partial charge >= 0.3 is 0 Å². The number of likely N-dealkylation sites (N-methyl/N-ethyl adjacent to an activating group) is 1. The van der Waals surface area contributed by atoms with Gasteiger partial charge in [0, 0.05) is 34.6 Å². The molecule has 1 aliphatic heterocycles. The summed E-state index contributed by atoms with van der Waals surface area (Å²) in [5, 5.41) is 8.15. The molecule has 236 valence electrons. The zero-order chi connectivity index (χ0) is 32.5. The van der Waals surface area contributed by atoms with Crippen LogP contribution in [0.2, 0.25) is 5.02 Å². The van der Waals surface area contributed by atoms with Gasteiger partial charge in [-0.1, -0.05) is 56.6 Å². The number of aldehydes is 1. The third-order valence-corrected chi connectivity index (χ3v) is 8.71. The predicted octanol–water partition coefficient (Wildman–Crippen LogP) is 7.15. The molecule has 0 saturated heterocycles. The summed E-state index contributed by atoms with van der Waals surface area (Å²) in [7, 11) is 4.14. The van der Waals surface area contributed by atoms with Crippen molar-refractivity contribution < 1.29 is 9.59 Å². The second kappa shape index (κ2) is 16.4. The van der Waals surface area contributed by atoms with E-state index in [4.69, 9.17) is 22.1 Å². The van der Waals surface area contributed by atoms with Crippen molar-refractivity contribution in [3.63, 3.8) is 0 Å². The highest BCUT2D eigenvalue weighted by atomic mass is 35.5. The van der Waals surface area contributed by atoms with Crippen molar-refractivity contribution in [2.75, 3.05) is 30.9 Å². The first-order valence-electron chi connectivity index (χ1n) is 14.7. The van der Waals surface area contributed by atoms with Gasteiger partial charge < -0.3 is 26.1 Å². The summed E-state index contributed by atoms with van der Waals surface area (Å²) >= 11 is 7.96. The highest BCUT2D eigenvalue weighted by Crippen LogP contribution is 2.46. The van der Waals surface area contributed by atoms with E-state index in [2.05, 4.69) is 93.3 Å². The van der Waals surface area contributed by atoms with E-state index in [-0.39, 0.29) is 24.3 Å². The van der Waals surface area contributed by atoms with Crippen LogP contribution in [-0.2, 0) is 16.0 Å². The van der Waals surface area contributed by atoms with Crippen LogP contribution >= 0.6 is 22.9 Å². The van der Waals surface area contributed by atoms with E-state index in [1.807, 2.05) is 42.6 Å². The van der Waals surface area contributed by atoms with Gasteiger partial charge in [-0.15, -0.1) is 11.3 Å². The maximum absolute atomic E-state index is 10.8. The number of nitrogens with one attached hydrogen (secondary N) is 2. The van der Waals surface area contributed by atoms with Crippen molar-refractivity contribution in [2.45, 2.75) is 80.2 Å². The van der Waals surface area contributed by atoms with Gasteiger partial charge in [-0.25, -0.2) is 0 Å². The van der Waals surface area contributed by atoms with Crippen LogP contribution in [0.15, 0.2) is 48.5 Å². The molecule has 2 heterocycles. The zero-order valence-corrected chi connectivity index (χ0v) is 29.0. The van der Waals surface area contributed by atoms with Crippen molar-refractivity contribution in [3.8, 4) is 0 Å². The van der Waals surface area contributed by atoms with E-state index < -0.39 is 0 Å². The Balaban J connectivity index is 0.000000306. The molecule has 1 aromatic heterocycles. The molecular weight excluding hydrogens is 578 g/mol. The Morgan fingerprint density at radius 1 is 1.14 bits per heavy atom. The van der Waals surface area contributed by atoms with Crippen molar-refractivity contribution in [3.05, 3.63) is 80.7 Å². The molecule has 3 aromatic rings. The average Bonchev–Trinajstić information content (AvgIpc) is 3.13. The number of anilines is 2. The monoisotopic (exact) mass is 627 g/mol. The number of hydrogen-bond donors (Lipinski definition) is 3. The number of fused-ring (bicyclic) bond motifs is 1. The van der Waals surface area contributed by atoms with Gasteiger partial charge in [-0.05, 0) is 94.6 Å². The Bertz CT molecular complexity index is 1320. The van der Waals surface area contributed by atoms with Gasteiger partial charge in [0.15, 0.2) is 0 Å². The molecule has 0 spiro atoms. The Morgan fingerprint density at radius 2 is 1.70 bits per heavy atom. The molecule has 43 heavy (non-hydrogen) atoms. The molecule has 4 N–H and O–H groups in total. The first-order valence-corrected chi connectivity index (χ1v) is 15.9. The molecule has 1 amide bonds. The molecule has 1 aliphatic rings. The van der Waals surface area contributed by atoms with Gasteiger partial charge in [0.25, 0.3) is 0 Å². The fourth-order valence-corrected chi connectivity index (χ4v) is 6.64. The van der Waals surface area contributed by atoms with E-state index in [0.717, 1.165) is 30.0 Å². The van der Waals surface area contributed by atoms with E-state index in [0.29, 0.717) is 5.41 Å². The first kappa shape index (κ1) is 36.4. The van der Waals surface area contributed by atoms with Crippen molar-refractivity contribution in [2.24, 2.45) is 11.1 Å². The van der Waals surface area contributed by atoms with E-state index in [1.165, 1.54) is 46.0 Å². The number of thiophene rings is 1. The van der Waals surface area contributed by atoms with Crippen molar-refractivity contribution in [1.82, 2.24) is 10.2 Å². The lowest BCUT2D eigenvalue weighted by atomic mass is 9.88. The summed E-state index contributed by atoms with van der Waals surface area (Å²) in [4.78, 5) is 25.6. The predicted molar refractivity (Wildman–Crippen MR) is 184 cm³/mol. The normalized spacial score (nSPS) is 17.3. The second-order valence-electron chi connectivity index (χ2n) is 12.2. The molecule has 0 radical (unpaired) electrons. The molecule has 4 rings (SSSR count). The molecule has 3 unspecified atom stereocenters. The van der Waals surface area contributed by atoms with Crippen molar-refractivity contribution in [1.29, 1.82) is 0 Å². The first-order chi connectivity index (χ1) is 20.1. The van der Waals surface area contributed by atoms with Crippen LogP contribution < -0.4 is 21.3 Å². The van der Waals surface area contributed by atoms with Gasteiger partial charge in [-0.3, -0.25) is 9.69 Å². The maximum atomic E-state index is 10.8. The number of carbonyl (C=O) groups is 2. The molecule has 0 saturated carbocycles. The van der Waals surface area contributed by atoms with Gasteiger partial charge in [0.05, 0.1) is 23.4 Å². The fourth-order valence-electron chi connectivity index (χ4n) is 5.19. The van der Waals surface area contributed by atoms with E-state index in [1.54, 1.807) is 0 Å². The minimum absolute atomic E-state index is 0.0291. The summed E-state index contributed by atoms with van der Waals surface area (Å²) in [5.41, 5.74) is 13.0. The van der Waals surface area contributed by atoms with Gasteiger partial charge in [0.1, 0.15) is 6.29 Å². The number of rotatable bonds is 5. The Labute approximate surface area is 267 Å². The minimum atomic E-state index is -0.0686. The SMILES string of the molecule is CC(=O)Nc1ccc(CC(C)(C)C)cc1.CC=O.CNC(C)N1c2sc(C)c(C)c2C(c2ccc(Cl)cc2)N(C)CC1N. The zero-order valence-electron chi connectivity index (χ0n) is 27.4.